The molecule has 0 atom stereocenters. The van der Waals surface area contributed by atoms with Crippen LogP contribution in [0, 0.1) is 6.92 Å². The average Bonchev–Trinajstić information content (AvgIpc) is 2.65. The number of carbonyl (C=O) groups excluding carboxylic acids is 1. The first-order valence-electron chi connectivity index (χ1n) is 8.07. The third kappa shape index (κ3) is 4.74. The Hall–Kier alpha value is -2.12. The third-order valence-corrected chi connectivity index (χ3v) is 4.49. The standard InChI is InChI=1S/C19H21F2NO3S/c1-4-13-5-8-17(12(2)9-13)25-11-15-7-6-14(18(20)21)10-16(15)22(24)19(23)26-3/h5-10,18,24H,4,11H2,1-3H3. The van der Waals surface area contributed by atoms with Gasteiger partial charge in [-0.3, -0.25) is 10.0 Å². The van der Waals surface area contributed by atoms with Crippen molar-refractivity contribution in [1.29, 1.82) is 0 Å². The predicted octanol–water partition coefficient (Wildman–Crippen LogP) is 5.75. The second-order valence-corrected chi connectivity index (χ2v) is 6.47. The molecule has 0 saturated heterocycles. The first kappa shape index (κ1) is 20.2. The molecule has 0 aliphatic rings. The van der Waals surface area contributed by atoms with E-state index in [0.717, 1.165) is 29.8 Å². The van der Waals surface area contributed by atoms with Crippen molar-refractivity contribution in [1.82, 2.24) is 0 Å². The fraction of sp³-hybridized carbons (Fsp3) is 0.316. The van der Waals surface area contributed by atoms with Crippen LogP contribution < -0.4 is 9.80 Å². The first-order valence-corrected chi connectivity index (χ1v) is 9.30. The molecule has 0 radical (unpaired) electrons. The van der Waals surface area contributed by atoms with Gasteiger partial charge in [0.15, 0.2) is 0 Å². The second kappa shape index (κ2) is 9.00. The van der Waals surface area contributed by atoms with Crippen LogP contribution in [0.4, 0.5) is 19.3 Å². The number of halogens is 2. The fourth-order valence-corrected chi connectivity index (χ4v) is 2.74. The number of hydrogen-bond donors (Lipinski definition) is 1. The van der Waals surface area contributed by atoms with Gasteiger partial charge in [-0.25, -0.2) is 8.78 Å². The predicted molar refractivity (Wildman–Crippen MR) is 99.5 cm³/mol. The van der Waals surface area contributed by atoms with Crippen molar-refractivity contribution < 1.29 is 23.5 Å². The summed E-state index contributed by atoms with van der Waals surface area (Å²) in [4.78, 5) is 11.8. The van der Waals surface area contributed by atoms with E-state index in [4.69, 9.17) is 4.74 Å². The van der Waals surface area contributed by atoms with E-state index in [1.54, 1.807) is 0 Å². The largest absolute Gasteiger partial charge is 0.489 e. The highest BCUT2D eigenvalue weighted by atomic mass is 32.2. The summed E-state index contributed by atoms with van der Waals surface area (Å²) < 4.78 is 31.7. The monoisotopic (exact) mass is 381 g/mol. The zero-order valence-electron chi connectivity index (χ0n) is 14.8. The maximum atomic E-state index is 13.0. The van der Waals surface area contributed by atoms with Crippen molar-refractivity contribution in [2.24, 2.45) is 0 Å². The summed E-state index contributed by atoms with van der Waals surface area (Å²) in [6, 6.07) is 9.63. The molecular weight excluding hydrogens is 360 g/mol. The van der Waals surface area contributed by atoms with Crippen LogP contribution in [0.25, 0.3) is 0 Å². The number of alkyl halides is 2. The molecule has 2 aromatic carbocycles. The van der Waals surface area contributed by atoms with Crippen molar-refractivity contribution >= 4 is 22.7 Å². The van der Waals surface area contributed by atoms with Crippen LogP contribution in [-0.2, 0) is 13.0 Å². The number of rotatable bonds is 6. The molecule has 26 heavy (non-hydrogen) atoms. The number of hydrogen-bond acceptors (Lipinski definition) is 4. The van der Waals surface area contributed by atoms with E-state index in [1.807, 2.05) is 25.1 Å². The van der Waals surface area contributed by atoms with Crippen LogP contribution in [0.5, 0.6) is 5.75 Å². The summed E-state index contributed by atoms with van der Waals surface area (Å²) in [7, 11) is 0. The molecule has 0 aliphatic heterocycles. The summed E-state index contributed by atoms with van der Waals surface area (Å²) in [5.74, 6) is 0.659. The number of ether oxygens (including phenoxy) is 1. The molecule has 0 spiro atoms. The van der Waals surface area contributed by atoms with Crippen molar-refractivity contribution in [3.8, 4) is 5.75 Å². The molecule has 0 saturated carbocycles. The van der Waals surface area contributed by atoms with Gasteiger partial charge < -0.3 is 4.74 Å². The molecule has 2 rings (SSSR count). The van der Waals surface area contributed by atoms with Crippen molar-refractivity contribution in [2.45, 2.75) is 33.3 Å². The van der Waals surface area contributed by atoms with Crippen LogP contribution in [0.2, 0.25) is 0 Å². The number of amides is 1. The molecule has 0 bridgehead atoms. The highest BCUT2D eigenvalue weighted by Gasteiger charge is 2.19. The molecule has 2 aromatic rings. The lowest BCUT2D eigenvalue weighted by atomic mass is 10.1. The second-order valence-electron chi connectivity index (χ2n) is 5.71. The number of carbonyl (C=O) groups is 1. The first-order chi connectivity index (χ1) is 12.4. The summed E-state index contributed by atoms with van der Waals surface area (Å²) >= 11 is 0.780. The number of nitrogens with zero attached hydrogens (tertiary/aromatic N) is 1. The summed E-state index contributed by atoms with van der Waals surface area (Å²) in [6.45, 7) is 4.01. The highest BCUT2D eigenvalue weighted by molar-refractivity contribution is 8.13. The van der Waals surface area contributed by atoms with E-state index in [9.17, 15) is 18.8 Å². The Bertz CT molecular complexity index is 783. The molecule has 0 unspecified atom stereocenters. The Morgan fingerprint density at radius 3 is 2.58 bits per heavy atom. The topological polar surface area (TPSA) is 49.8 Å². The van der Waals surface area contributed by atoms with Gasteiger partial charge in [-0.1, -0.05) is 43.0 Å². The number of benzene rings is 2. The number of hydroxylamine groups is 1. The van der Waals surface area contributed by atoms with Crippen LogP contribution in [0.1, 0.15) is 35.6 Å². The van der Waals surface area contributed by atoms with E-state index in [2.05, 4.69) is 6.92 Å². The molecular formula is C19H21F2NO3S. The minimum absolute atomic E-state index is 0.00928. The van der Waals surface area contributed by atoms with E-state index in [-0.39, 0.29) is 17.9 Å². The van der Waals surface area contributed by atoms with Crippen LogP contribution >= 0.6 is 11.8 Å². The zero-order valence-corrected chi connectivity index (χ0v) is 15.6. The lowest BCUT2D eigenvalue weighted by Crippen LogP contribution is -2.24. The Morgan fingerprint density at radius 1 is 1.27 bits per heavy atom. The summed E-state index contributed by atoms with van der Waals surface area (Å²) in [5.41, 5.74) is 2.28. The normalized spacial score (nSPS) is 10.9. The quantitative estimate of drug-likeness (QED) is 0.511. The van der Waals surface area contributed by atoms with Gasteiger partial charge in [-0.15, -0.1) is 0 Å². The van der Waals surface area contributed by atoms with Gasteiger partial charge in [-0.2, -0.15) is 5.06 Å². The van der Waals surface area contributed by atoms with Crippen molar-refractivity contribution in [3.05, 3.63) is 58.7 Å². The van der Waals surface area contributed by atoms with Crippen LogP contribution in [-0.4, -0.2) is 16.7 Å². The van der Waals surface area contributed by atoms with E-state index < -0.39 is 11.7 Å². The molecule has 1 amide bonds. The number of thioether (sulfide) groups is 1. The lowest BCUT2D eigenvalue weighted by Gasteiger charge is -2.19. The fourth-order valence-electron chi connectivity index (χ4n) is 2.47. The Labute approximate surface area is 155 Å². The summed E-state index contributed by atoms with van der Waals surface area (Å²) in [6.07, 6.45) is -0.293. The maximum Gasteiger partial charge on any atom is 0.309 e. The third-order valence-electron chi connectivity index (χ3n) is 3.97. The van der Waals surface area contributed by atoms with Gasteiger partial charge >= 0.3 is 5.24 Å². The Kier molecular flexibility index (Phi) is 6.99. The number of aryl methyl sites for hydroxylation is 2. The molecule has 1 N–H and O–H groups in total. The molecule has 0 aliphatic carbocycles. The number of anilines is 1. The van der Waals surface area contributed by atoms with Crippen molar-refractivity contribution in [3.63, 3.8) is 0 Å². The van der Waals surface area contributed by atoms with Gasteiger partial charge in [0.05, 0.1) is 5.69 Å². The van der Waals surface area contributed by atoms with Crippen molar-refractivity contribution in [2.75, 3.05) is 11.3 Å². The smallest absolute Gasteiger partial charge is 0.309 e. The summed E-state index contributed by atoms with van der Waals surface area (Å²) in [5, 5.41) is 9.77. The molecule has 0 heterocycles. The van der Waals surface area contributed by atoms with Gasteiger partial charge in [0.1, 0.15) is 12.4 Å². The maximum absolute atomic E-state index is 13.0. The molecule has 0 fully saturated rings. The van der Waals surface area contributed by atoms with E-state index >= 15 is 0 Å². The highest BCUT2D eigenvalue weighted by Crippen LogP contribution is 2.30. The lowest BCUT2D eigenvalue weighted by molar-refractivity contribution is 0.151. The van der Waals surface area contributed by atoms with Crippen LogP contribution in [0.3, 0.4) is 0 Å². The Morgan fingerprint density at radius 2 is 2.00 bits per heavy atom. The minimum Gasteiger partial charge on any atom is -0.489 e. The zero-order chi connectivity index (χ0) is 19.3. The van der Waals surface area contributed by atoms with Gasteiger partial charge in [0.2, 0.25) is 0 Å². The minimum atomic E-state index is -2.70. The molecule has 4 nitrogen and oxygen atoms in total. The van der Waals surface area contributed by atoms with E-state index in [0.29, 0.717) is 16.4 Å². The SMILES string of the molecule is CCc1ccc(OCc2ccc(C(F)F)cc2N(O)C(=O)SC)c(C)c1. The van der Waals surface area contributed by atoms with Crippen LogP contribution in [0.15, 0.2) is 36.4 Å². The van der Waals surface area contributed by atoms with Gasteiger partial charge in [0.25, 0.3) is 6.43 Å². The molecule has 7 heteroatoms. The van der Waals surface area contributed by atoms with E-state index in [1.165, 1.54) is 24.0 Å². The van der Waals surface area contributed by atoms with Gasteiger partial charge in [-0.05, 0) is 42.9 Å². The molecule has 0 aromatic heterocycles. The van der Waals surface area contributed by atoms with Gasteiger partial charge in [0, 0.05) is 11.1 Å². The Balaban J connectivity index is 2.29. The average molecular weight is 381 g/mol. The molecule has 140 valence electrons.